The second-order valence-corrected chi connectivity index (χ2v) is 6.13. The normalized spacial score (nSPS) is 10.9. The van der Waals surface area contributed by atoms with E-state index in [4.69, 9.17) is 19.3 Å². The molecule has 0 heterocycles. The predicted octanol–water partition coefficient (Wildman–Crippen LogP) is 3.36. The summed E-state index contributed by atoms with van der Waals surface area (Å²) in [6, 6.07) is 6.90. The van der Waals surface area contributed by atoms with Crippen LogP contribution in [0.25, 0.3) is 0 Å². The van der Waals surface area contributed by atoms with Gasteiger partial charge in [0.1, 0.15) is 6.61 Å². The van der Waals surface area contributed by atoms with E-state index in [2.05, 4.69) is 13.8 Å². The zero-order valence-electron chi connectivity index (χ0n) is 15.7. The lowest BCUT2D eigenvalue weighted by atomic mass is 10.1. The van der Waals surface area contributed by atoms with Crippen LogP contribution in [0, 0.1) is 0 Å². The number of esters is 1. The summed E-state index contributed by atoms with van der Waals surface area (Å²) in [6.45, 7) is 5.39. The Labute approximate surface area is 155 Å². The molecule has 0 spiro atoms. The minimum atomic E-state index is -0.880. The second kappa shape index (κ2) is 13.3. The molecule has 0 radical (unpaired) electrons. The summed E-state index contributed by atoms with van der Waals surface area (Å²) >= 11 is 0. The molecular weight excluding hydrogens is 336 g/mol. The SMILES string of the molecule is CCCCOC(COC(=O)Cc1ccc(CC(=O)O)cc1)OCCCC. The average Bonchev–Trinajstić information content (AvgIpc) is 2.61. The smallest absolute Gasteiger partial charge is 0.310 e. The van der Waals surface area contributed by atoms with Gasteiger partial charge in [-0.25, -0.2) is 0 Å². The van der Waals surface area contributed by atoms with Crippen LogP contribution >= 0.6 is 0 Å². The lowest BCUT2D eigenvalue weighted by Gasteiger charge is -2.18. The van der Waals surface area contributed by atoms with Crippen LogP contribution in [0.2, 0.25) is 0 Å². The Morgan fingerprint density at radius 3 is 1.88 bits per heavy atom. The van der Waals surface area contributed by atoms with Gasteiger partial charge in [-0.1, -0.05) is 51.0 Å². The number of carboxylic acids is 1. The number of carbonyl (C=O) groups excluding carboxylic acids is 1. The van der Waals surface area contributed by atoms with E-state index in [1.807, 2.05) is 0 Å². The summed E-state index contributed by atoms with van der Waals surface area (Å²) in [5.74, 6) is -1.24. The van der Waals surface area contributed by atoms with Gasteiger partial charge in [0.25, 0.3) is 0 Å². The van der Waals surface area contributed by atoms with Crippen LogP contribution in [0.5, 0.6) is 0 Å². The van der Waals surface area contributed by atoms with E-state index < -0.39 is 12.3 Å². The van der Waals surface area contributed by atoms with Crippen molar-refractivity contribution in [3.63, 3.8) is 0 Å². The Hall–Kier alpha value is -1.92. The number of ether oxygens (including phenoxy) is 3. The van der Waals surface area contributed by atoms with E-state index in [1.54, 1.807) is 24.3 Å². The van der Waals surface area contributed by atoms with Crippen LogP contribution in [0.3, 0.4) is 0 Å². The van der Waals surface area contributed by atoms with Gasteiger partial charge in [-0.3, -0.25) is 9.59 Å². The third kappa shape index (κ3) is 10.2. The Morgan fingerprint density at radius 2 is 1.42 bits per heavy atom. The molecule has 0 aliphatic heterocycles. The van der Waals surface area contributed by atoms with Gasteiger partial charge in [-0.2, -0.15) is 0 Å². The molecule has 0 aliphatic rings. The van der Waals surface area contributed by atoms with Crippen LogP contribution in [-0.2, 0) is 36.6 Å². The van der Waals surface area contributed by atoms with Crippen molar-refractivity contribution in [2.24, 2.45) is 0 Å². The first kappa shape index (κ1) is 22.1. The highest BCUT2D eigenvalue weighted by molar-refractivity contribution is 5.73. The van der Waals surface area contributed by atoms with Gasteiger partial charge in [-0.05, 0) is 24.0 Å². The largest absolute Gasteiger partial charge is 0.481 e. The van der Waals surface area contributed by atoms with Gasteiger partial charge in [0.05, 0.1) is 12.8 Å². The molecule has 0 aliphatic carbocycles. The maximum Gasteiger partial charge on any atom is 0.310 e. The number of aliphatic carboxylic acids is 1. The van der Waals surface area contributed by atoms with Crippen LogP contribution < -0.4 is 0 Å². The number of hydrogen-bond acceptors (Lipinski definition) is 5. The first-order valence-corrected chi connectivity index (χ1v) is 9.23. The highest BCUT2D eigenvalue weighted by Gasteiger charge is 2.13. The molecule has 26 heavy (non-hydrogen) atoms. The van der Waals surface area contributed by atoms with Crippen molar-refractivity contribution in [2.45, 2.75) is 58.7 Å². The van der Waals surface area contributed by atoms with E-state index in [9.17, 15) is 9.59 Å². The summed E-state index contributed by atoms with van der Waals surface area (Å²) in [7, 11) is 0. The summed E-state index contributed by atoms with van der Waals surface area (Å²) in [4.78, 5) is 22.7. The van der Waals surface area contributed by atoms with Crippen LogP contribution in [-0.4, -0.2) is 43.2 Å². The van der Waals surface area contributed by atoms with E-state index in [1.165, 1.54) is 0 Å². The molecule has 146 valence electrons. The molecule has 6 heteroatoms. The maximum absolute atomic E-state index is 12.0. The summed E-state index contributed by atoms with van der Waals surface area (Å²) in [6.07, 6.45) is 3.49. The number of carboxylic acid groups (broad SMARTS) is 1. The number of unbranched alkanes of at least 4 members (excludes halogenated alkanes) is 2. The zero-order chi connectivity index (χ0) is 19.2. The van der Waals surface area contributed by atoms with Gasteiger partial charge in [0, 0.05) is 13.2 Å². The van der Waals surface area contributed by atoms with E-state index in [0.29, 0.717) is 18.8 Å². The van der Waals surface area contributed by atoms with Crippen LogP contribution in [0.15, 0.2) is 24.3 Å². The minimum absolute atomic E-state index is 0.0311. The second-order valence-electron chi connectivity index (χ2n) is 6.13. The minimum Gasteiger partial charge on any atom is -0.481 e. The van der Waals surface area contributed by atoms with Crippen molar-refractivity contribution >= 4 is 11.9 Å². The third-order valence-corrected chi connectivity index (χ3v) is 3.71. The molecule has 1 rings (SSSR count). The molecule has 1 N–H and O–H groups in total. The molecule has 6 nitrogen and oxygen atoms in total. The number of hydrogen-bond donors (Lipinski definition) is 1. The fraction of sp³-hybridized carbons (Fsp3) is 0.600. The monoisotopic (exact) mass is 366 g/mol. The number of carbonyl (C=O) groups is 2. The van der Waals surface area contributed by atoms with Crippen molar-refractivity contribution in [2.75, 3.05) is 19.8 Å². The van der Waals surface area contributed by atoms with E-state index in [0.717, 1.165) is 31.2 Å². The first-order valence-electron chi connectivity index (χ1n) is 9.23. The number of benzene rings is 1. The van der Waals surface area contributed by atoms with Gasteiger partial charge in [0.2, 0.25) is 0 Å². The van der Waals surface area contributed by atoms with Gasteiger partial charge >= 0.3 is 11.9 Å². The fourth-order valence-electron chi connectivity index (χ4n) is 2.19. The molecule has 1 aromatic carbocycles. The lowest BCUT2D eigenvalue weighted by Crippen LogP contribution is -2.26. The first-order chi connectivity index (χ1) is 12.5. The van der Waals surface area contributed by atoms with Crippen molar-refractivity contribution < 1.29 is 28.9 Å². The molecule has 1 aromatic rings. The molecule has 0 unspecified atom stereocenters. The topological polar surface area (TPSA) is 82.1 Å². The Bertz CT molecular complexity index is 516. The van der Waals surface area contributed by atoms with Gasteiger partial charge in [-0.15, -0.1) is 0 Å². The van der Waals surface area contributed by atoms with Gasteiger partial charge < -0.3 is 19.3 Å². The molecule has 0 bridgehead atoms. The summed E-state index contributed by atoms with van der Waals surface area (Å²) < 4.78 is 16.5. The summed E-state index contributed by atoms with van der Waals surface area (Å²) in [5, 5.41) is 8.76. The summed E-state index contributed by atoms with van der Waals surface area (Å²) in [5.41, 5.74) is 1.47. The van der Waals surface area contributed by atoms with Crippen LogP contribution in [0.1, 0.15) is 50.7 Å². The maximum atomic E-state index is 12.0. The quantitative estimate of drug-likeness (QED) is 0.309. The zero-order valence-corrected chi connectivity index (χ0v) is 15.7. The van der Waals surface area contributed by atoms with E-state index >= 15 is 0 Å². The molecule has 0 aromatic heterocycles. The van der Waals surface area contributed by atoms with Crippen LogP contribution in [0.4, 0.5) is 0 Å². The van der Waals surface area contributed by atoms with Crippen molar-refractivity contribution in [1.82, 2.24) is 0 Å². The molecule has 0 amide bonds. The highest BCUT2D eigenvalue weighted by atomic mass is 16.7. The Balaban J connectivity index is 2.41. The van der Waals surface area contributed by atoms with Crippen molar-refractivity contribution in [3.8, 4) is 0 Å². The van der Waals surface area contributed by atoms with Crippen molar-refractivity contribution in [3.05, 3.63) is 35.4 Å². The number of rotatable bonds is 14. The predicted molar refractivity (Wildman–Crippen MR) is 98.0 cm³/mol. The Kier molecular flexibility index (Phi) is 11.3. The molecular formula is C20H30O6. The Morgan fingerprint density at radius 1 is 0.923 bits per heavy atom. The van der Waals surface area contributed by atoms with Gasteiger partial charge in [0.15, 0.2) is 6.29 Å². The molecule has 0 atom stereocenters. The molecule has 0 saturated carbocycles. The average molecular weight is 366 g/mol. The molecule has 0 fully saturated rings. The standard InChI is InChI=1S/C20H30O6/c1-3-5-11-24-20(25-12-6-4-2)15-26-19(23)14-17-9-7-16(8-10-17)13-18(21)22/h7-10,20H,3-6,11-15H2,1-2H3,(H,21,22). The van der Waals surface area contributed by atoms with Crippen molar-refractivity contribution in [1.29, 1.82) is 0 Å². The third-order valence-electron chi connectivity index (χ3n) is 3.71. The van der Waals surface area contributed by atoms with E-state index in [-0.39, 0.29) is 25.4 Å². The molecule has 0 saturated heterocycles. The lowest BCUT2D eigenvalue weighted by molar-refractivity contribution is -0.182. The fourth-order valence-corrected chi connectivity index (χ4v) is 2.19. The highest BCUT2D eigenvalue weighted by Crippen LogP contribution is 2.08.